The first-order valence-corrected chi connectivity index (χ1v) is 6.22. The van der Waals surface area contributed by atoms with Gasteiger partial charge in [-0.05, 0) is 26.7 Å². The highest BCUT2D eigenvalue weighted by molar-refractivity contribution is 8.77. The third kappa shape index (κ3) is 5.25. The van der Waals surface area contributed by atoms with Crippen LogP contribution in [0.4, 0.5) is 8.78 Å². The van der Waals surface area contributed by atoms with Gasteiger partial charge in [0.1, 0.15) is 0 Å². The summed E-state index contributed by atoms with van der Waals surface area (Å²) in [6.07, 6.45) is 0.814. The monoisotopic (exact) mass is 214 g/mol. The second-order valence-corrected chi connectivity index (χ2v) is 6.11. The van der Waals surface area contributed by atoms with E-state index in [-0.39, 0.29) is 0 Å². The number of rotatable bonds is 5. The highest BCUT2D eigenvalue weighted by Crippen LogP contribution is 2.47. The van der Waals surface area contributed by atoms with Crippen LogP contribution in [-0.4, -0.2) is 10.0 Å². The Morgan fingerprint density at radius 1 is 0.917 bits per heavy atom. The lowest BCUT2D eigenvalue weighted by atomic mass is 10.3. The zero-order valence-corrected chi connectivity index (χ0v) is 9.62. The molecular weight excluding hydrogens is 198 g/mol. The Morgan fingerprint density at radius 3 is 1.33 bits per heavy atom. The number of alkyl halides is 2. The molecular formula is C8H16F2S2. The lowest BCUT2D eigenvalue weighted by molar-refractivity contribution is 0.303. The van der Waals surface area contributed by atoms with Crippen molar-refractivity contribution in [2.75, 3.05) is 0 Å². The topological polar surface area (TPSA) is 0 Å². The Morgan fingerprint density at radius 2 is 1.17 bits per heavy atom. The van der Waals surface area contributed by atoms with Gasteiger partial charge in [0.05, 0.1) is 0 Å². The average molecular weight is 214 g/mol. The minimum atomic E-state index is -1.31. The van der Waals surface area contributed by atoms with Gasteiger partial charge in [0.2, 0.25) is 0 Å². The zero-order valence-electron chi connectivity index (χ0n) is 7.99. The molecule has 0 aliphatic heterocycles. The summed E-state index contributed by atoms with van der Waals surface area (Å²) in [5.41, 5.74) is 0. The predicted octanol–water partition coefficient (Wildman–Crippen LogP) is 4.56. The van der Waals surface area contributed by atoms with E-state index in [1.807, 2.05) is 0 Å². The Balaban J connectivity index is 3.82. The van der Waals surface area contributed by atoms with Crippen LogP contribution in [0.3, 0.4) is 0 Å². The Labute approximate surface area is 81.3 Å². The summed E-state index contributed by atoms with van der Waals surface area (Å²) in [6, 6.07) is 0. The van der Waals surface area contributed by atoms with Gasteiger partial charge < -0.3 is 0 Å². The third-order valence-corrected chi connectivity index (χ3v) is 5.34. The highest BCUT2D eigenvalue weighted by Gasteiger charge is 2.29. The van der Waals surface area contributed by atoms with Gasteiger partial charge in [-0.1, -0.05) is 35.4 Å². The largest absolute Gasteiger partial charge is 0.231 e. The smallest absolute Gasteiger partial charge is 0.163 e. The van der Waals surface area contributed by atoms with Crippen LogP contribution in [0.2, 0.25) is 0 Å². The first-order valence-electron chi connectivity index (χ1n) is 4.07. The van der Waals surface area contributed by atoms with Crippen LogP contribution in [0.15, 0.2) is 0 Å². The fourth-order valence-electron chi connectivity index (χ4n) is 0.292. The SMILES string of the molecule is CCC(C)(F)SSC(C)(F)CC. The molecule has 2 atom stereocenters. The van der Waals surface area contributed by atoms with Gasteiger partial charge in [-0.2, -0.15) is 0 Å². The van der Waals surface area contributed by atoms with E-state index >= 15 is 0 Å². The van der Waals surface area contributed by atoms with E-state index in [1.165, 1.54) is 13.8 Å². The Kier molecular flexibility index (Phi) is 4.92. The van der Waals surface area contributed by atoms with Crippen molar-refractivity contribution in [3.05, 3.63) is 0 Å². The van der Waals surface area contributed by atoms with Crippen molar-refractivity contribution in [2.24, 2.45) is 0 Å². The van der Waals surface area contributed by atoms with Gasteiger partial charge in [0, 0.05) is 0 Å². The van der Waals surface area contributed by atoms with Gasteiger partial charge in [-0.3, -0.25) is 0 Å². The average Bonchev–Trinajstić information content (AvgIpc) is 2.02. The molecule has 0 spiro atoms. The van der Waals surface area contributed by atoms with Gasteiger partial charge in [-0.25, -0.2) is 8.78 Å². The second kappa shape index (κ2) is 4.70. The van der Waals surface area contributed by atoms with Crippen LogP contribution in [0, 0.1) is 0 Å². The second-order valence-electron chi connectivity index (χ2n) is 3.08. The van der Waals surface area contributed by atoms with E-state index < -0.39 is 10.0 Å². The molecule has 4 heteroatoms. The summed E-state index contributed by atoms with van der Waals surface area (Å²) in [6.45, 7) is 6.48. The molecule has 0 saturated carbocycles. The van der Waals surface area contributed by atoms with Crippen LogP contribution < -0.4 is 0 Å². The fraction of sp³-hybridized carbons (Fsp3) is 1.00. The summed E-state index contributed by atoms with van der Waals surface area (Å²) < 4.78 is 26.5. The number of hydrogen-bond donors (Lipinski definition) is 0. The standard InChI is InChI=1S/C8H16F2S2/c1-5-7(3,9)11-12-8(4,10)6-2/h5-6H2,1-4H3. The van der Waals surface area contributed by atoms with Crippen LogP contribution in [0.5, 0.6) is 0 Å². The summed E-state index contributed by atoms with van der Waals surface area (Å²) in [5.74, 6) is 0. The van der Waals surface area contributed by atoms with E-state index in [9.17, 15) is 8.78 Å². The first kappa shape index (κ1) is 12.6. The van der Waals surface area contributed by atoms with Crippen LogP contribution >= 0.6 is 21.6 Å². The van der Waals surface area contributed by atoms with Crippen LogP contribution in [-0.2, 0) is 0 Å². The molecule has 74 valence electrons. The molecule has 0 aliphatic rings. The van der Waals surface area contributed by atoms with Crippen molar-refractivity contribution in [2.45, 2.75) is 50.5 Å². The van der Waals surface area contributed by atoms with E-state index in [0.29, 0.717) is 12.8 Å². The minimum absolute atomic E-state index is 0.407. The molecule has 0 aliphatic carbocycles. The highest BCUT2D eigenvalue weighted by atomic mass is 33.1. The van der Waals surface area contributed by atoms with E-state index in [4.69, 9.17) is 0 Å². The number of hydrogen-bond acceptors (Lipinski definition) is 2. The quantitative estimate of drug-likeness (QED) is 0.615. The maximum absolute atomic E-state index is 13.3. The van der Waals surface area contributed by atoms with E-state index in [2.05, 4.69) is 0 Å². The molecule has 0 nitrogen and oxygen atoms in total. The van der Waals surface area contributed by atoms with Crippen molar-refractivity contribution in [3.63, 3.8) is 0 Å². The molecule has 0 fully saturated rings. The molecule has 0 radical (unpaired) electrons. The molecule has 0 aromatic heterocycles. The number of halogens is 2. The van der Waals surface area contributed by atoms with E-state index in [0.717, 1.165) is 21.6 Å². The lowest BCUT2D eigenvalue weighted by Crippen LogP contribution is -2.14. The van der Waals surface area contributed by atoms with Crippen molar-refractivity contribution >= 4 is 21.6 Å². The van der Waals surface area contributed by atoms with E-state index in [1.54, 1.807) is 13.8 Å². The molecule has 0 N–H and O–H groups in total. The molecule has 0 rings (SSSR count). The molecule has 0 amide bonds. The maximum Gasteiger partial charge on any atom is 0.163 e. The Bertz CT molecular complexity index is 119. The minimum Gasteiger partial charge on any atom is -0.231 e. The molecule has 0 heterocycles. The molecule has 0 bridgehead atoms. The first-order chi connectivity index (χ1) is 5.33. The van der Waals surface area contributed by atoms with Crippen molar-refractivity contribution in [3.8, 4) is 0 Å². The molecule has 2 unspecified atom stereocenters. The third-order valence-electron chi connectivity index (χ3n) is 1.65. The van der Waals surface area contributed by atoms with Crippen molar-refractivity contribution < 1.29 is 8.78 Å². The molecule has 0 aromatic carbocycles. The summed E-state index contributed by atoms with van der Waals surface area (Å²) in [4.78, 5) is 0. The molecule has 0 aromatic rings. The fourth-order valence-corrected chi connectivity index (χ4v) is 2.62. The predicted molar refractivity (Wildman–Crippen MR) is 54.8 cm³/mol. The van der Waals surface area contributed by atoms with Gasteiger partial charge in [0.25, 0.3) is 0 Å². The van der Waals surface area contributed by atoms with Gasteiger partial charge >= 0.3 is 0 Å². The van der Waals surface area contributed by atoms with Crippen molar-refractivity contribution in [1.29, 1.82) is 0 Å². The molecule has 12 heavy (non-hydrogen) atoms. The van der Waals surface area contributed by atoms with Crippen molar-refractivity contribution in [1.82, 2.24) is 0 Å². The van der Waals surface area contributed by atoms with Crippen LogP contribution in [0.25, 0.3) is 0 Å². The van der Waals surface area contributed by atoms with Crippen LogP contribution in [0.1, 0.15) is 40.5 Å². The summed E-state index contributed by atoms with van der Waals surface area (Å²) in [7, 11) is 1.97. The van der Waals surface area contributed by atoms with Gasteiger partial charge in [0.15, 0.2) is 10.0 Å². The van der Waals surface area contributed by atoms with Gasteiger partial charge in [-0.15, -0.1) is 0 Å². The summed E-state index contributed by atoms with van der Waals surface area (Å²) >= 11 is 0. The normalized spacial score (nSPS) is 21.5. The lowest BCUT2D eigenvalue weighted by Gasteiger charge is -2.22. The Hall–Kier alpha value is 0.560. The molecule has 0 saturated heterocycles. The zero-order chi connectivity index (χ0) is 9.83. The summed E-state index contributed by atoms with van der Waals surface area (Å²) in [5, 5.41) is -2.62. The maximum atomic E-state index is 13.3.